The number of aromatic nitrogens is 2. The summed E-state index contributed by atoms with van der Waals surface area (Å²) in [6.45, 7) is 2.48. The molecule has 6 heteroatoms. The Balaban J connectivity index is 1.87. The van der Waals surface area contributed by atoms with Gasteiger partial charge in [-0.3, -0.25) is 0 Å². The maximum absolute atomic E-state index is 5.14. The molecule has 2 aromatic rings. The van der Waals surface area contributed by atoms with Gasteiger partial charge in [-0.05, 0) is 24.3 Å². The first kappa shape index (κ1) is 14.9. The van der Waals surface area contributed by atoms with Gasteiger partial charge >= 0.3 is 0 Å². The van der Waals surface area contributed by atoms with E-state index in [-0.39, 0.29) is 0 Å². The molecule has 0 unspecified atom stereocenters. The maximum Gasteiger partial charge on any atom is 0.147 e. The molecule has 0 atom stereocenters. The largest absolute Gasteiger partial charge is 0.497 e. The first-order valence-electron chi connectivity index (χ1n) is 6.50. The summed E-state index contributed by atoms with van der Waals surface area (Å²) in [5, 5.41) is 13.7. The number of methoxy groups -OCH3 is 2. The van der Waals surface area contributed by atoms with E-state index in [1.54, 1.807) is 25.6 Å². The summed E-state index contributed by atoms with van der Waals surface area (Å²) in [6.07, 6.45) is 0.886. The predicted molar refractivity (Wildman–Crippen MR) is 80.3 cm³/mol. The van der Waals surface area contributed by atoms with Crippen LogP contribution in [0.3, 0.4) is 0 Å². The third kappa shape index (κ3) is 4.26. The second-order valence-corrected chi connectivity index (χ2v) is 5.28. The monoisotopic (exact) mass is 293 g/mol. The molecular weight excluding hydrogens is 274 g/mol. The fourth-order valence-electron chi connectivity index (χ4n) is 1.70. The molecule has 5 nitrogen and oxygen atoms in total. The van der Waals surface area contributed by atoms with Gasteiger partial charge in [0.2, 0.25) is 0 Å². The van der Waals surface area contributed by atoms with Gasteiger partial charge in [0, 0.05) is 32.2 Å². The summed E-state index contributed by atoms with van der Waals surface area (Å²) in [5.41, 5.74) is 1.07. The summed E-state index contributed by atoms with van der Waals surface area (Å²) in [5.74, 6) is 0.848. The maximum atomic E-state index is 5.14. The van der Waals surface area contributed by atoms with Crippen LogP contribution in [-0.2, 0) is 11.2 Å². The van der Waals surface area contributed by atoms with Gasteiger partial charge in [-0.25, -0.2) is 0 Å². The zero-order chi connectivity index (χ0) is 14.2. The molecule has 0 bridgehead atoms. The van der Waals surface area contributed by atoms with Crippen molar-refractivity contribution in [1.82, 2.24) is 15.5 Å². The summed E-state index contributed by atoms with van der Waals surface area (Å²) in [4.78, 5) is 0. The van der Waals surface area contributed by atoms with Crippen LogP contribution in [0.15, 0.2) is 24.3 Å². The van der Waals surface area contributed by atoms with Gasteiger partial charge in [0.05, 0.1) is 13.7 Å². The Bertz CT molecular complexity index is 513. The molecule has 0 spiro atoms. The van der Waals surface area contributed by atoms with E-state index in [4.69, 9.17) is 9.47 Å². The molecule has 0 fully saturated rings. The molecule has 1 heterocycles. The number of ether oxygens (including phenoxy) is 2. The van der Waals surface area contributed by atoms with E-state index in [1.807, 2.05) is 24.3 Å². The van der Waals surface area contributed by atoms with Crippen LogP contribution in [0.1, 0.15) is 5.01 Å². The van der Waals surface area contributed by atoms with E-state index in [0.717, 1.165) is 47.4 Å². The van der Waals surface area contributed by atoms with Crippen LogP contribution in [0.5, 0.6) is 5.75 Å². The minimum atomic E-state index is 0.729. The minimum Gasteiger partial charge on any atom is -0.497 e. The quantitative estimate of drug-likeness (QED) is 0.754. The number of rotatable bonds is 8. The molecule has 108 valence electrons. The zero-order valence-electron chi connectivity index (χ0n) is 11.8. The van der Waals surface area contributed by atoms with Crippen LogP contribution in [0.2, 0.25) is 0 Å². The normalized spacial score (nSPS) is 10.7. The van der Waals surface area contributed by atoms with Crippen molar-refractivity contribution in [2.75, 3.05) is 33.9 Å². The number of benzene rings is 1. The van der Waals surface area contributed by atoms with Gasteiger partial charge in [0.15, 0.2) is 0 Å². The van der Waals surface area contributed by atoms with Crippen molar-refractivity contribution in [1.29, 1.82) is 0 Å². The molecule has 1 N–H and O–H groups in total. The number of nitrogens with zero attached hydrogens (tertiary/aromatic N) is 2. The van der Waals surface area contributed by atoms with Crippen molar-refractivity contribution in [2.45, 2.75) is 6.42 Å². The lowest BCUT2D eigenvalue weighted by atomic mass is 10.2. The first-order valence-corrected chi connectivity index (χ1v) is 7.31. The predicted octanol–water partition coefficient (Wildman–Crippen LogP) is 1.99. The van der Waals surface area contributed by atoms with E-state index in [9.17, 15) is 0 Å². The second kappa shape index (κ2) is 7.94. The van der Waals surface area contributed by atoms with Crippen LogP contribution in [0, 0.1) is 0 Å². The molecule has 1 aromatic heterocycles. The van der Waals surface area contributed by atoms with Gasteiger partial charge in [-0.1, -0.05) is 11.3 Å². The molecule has 2 rings (SSSR count). The third-order valence-electron chi connectivity index (χ3n) is 2.80. The fourth-order valence-corrected chi connectivity index (χ4v) is 2.54. The van der Waals surface area contributed by atoms with Gasteiger partial charge in [0.25, 0.3) is 0 Å². The SMILES string of the molecule is COCCNCCc1nnc(-c2ccc(OC)cc2)s1. The minimum absolute atomic E-state index is 0.729. The van der Waals surface area contributed by atoms with Crippen molar-refractivity contribution in [3.8, 4) is 16.3 Å². The average Bonchev–Trinajstić information content (AvgIpc) is 2.96. The molecule has 0 aliphatic heterocycles. The van der Waals surface area contributed by atoms with E-state index >= 15 is 0 Å². The van der Waals surface area contributed by atoms with Crippen molar-refractivity contribution >= 4 is 11.3 Å². The summed E-state index contributed by atoms with van der Waals surface area (Å²) < 4.78 is 10.1. The molecule has 0 saturated heterocycles. The van der Waals surface area contributed by atoms with Gasteiger partial charge in [0.1, 0.15) is 15.8 Å². The molecule has 0 aliphatic carbocycles. The summed E-state index contributed by atoms with van der Waals surface area (Å²) >= 11 is 1.63. The second-order valence-electron chi connectivity index (χ2n) is 4.22. The summed E-state index contributed by atoms with van der Waals surface area (Å²) in [6, 6.07) is 7.87. The van der Waals surface area contributed by atoms with Crippen molar-refractivity contribution in [2.24, 2.45) is 0 Å². The third-order valence-corrected chi connectivity index (χ3v) is 3.83. The Kier molecular flexibility index (Phi) is 5.91. The fraction of sp³-hybridized carbons (Fsp3) is 0.429. The van der Waals surface area contributed by atoms with Crippen molar-refractivity contribution in [3.63, 3.8) is 0 Å². The molecule has 20 heavy (non-hydrogen) atoms. The van der Waals surface area contributed by atoms with Gasteiger partial charge in [-0.2, -0.15) is 0 Å². The highest BCUT2D eigenvalue weighted by Crippen LogP contribution is 2.25. The number of hydrogen-bond acceptors (Lipinski definition) is 6. The van der Waals surface area contributed by atoms with E-state index in [2.05, 4.69) is 15.5 Å². The molecule has 0 radical (unpaired) electrons. The van der Waals surface area contributed by atoms with Crippen molar-refractivity contribution < 1.29 is 9.47 Å². The highest BCUT2D eigenvalue weighted by molar-refractivity contribution is 7.14. The van der Waals surface area contributed by atoms with Gasteiger partial charge < -0.3 is 14.8 Å². The summed E-state index contributed by atoms with van der Waals surface area (Å²) in [7, 11) is 3.36. The smallest absolute Gasteiger partial charge is 0.147 e. The molecule has 1 aromatic carbocycles. The molecule has 0 aliphatic rings. The highest BCUT2D eigenvalue weighted by Gasteiger charge is 2.06. The lowest BCUT2D eigenvalue weighted by molar-refractivity contribution is 0.199. The highest BCUT2D eigenvalue weighted by atomic mass is 32.1. The standard InChI is InChI=1S/C14H19N3O2S/c1-18-10-9-15-8-7-13-16-17-14(20-13)11-3-5-12(19-2)6-4-11/h3-6,15H,7-10H2,1-2H3. The number of hydrogen-bond donors (Lipinski definition) is 1. The Morgan fingerprint density at radius 1 is 1.10 bits per heavy atom. The van der Waals surface area contributed by atoms with Gasteiger partial charge in [-0.15, -0.1) is 10.2 Å². The lowest BCUT2D eigenvalue weighted by Gasteiger charge is -2.01. The topological polar surface area (TPSA) is 56.3 Å². The van der Waals surface area contributed by atoms with Crippen LogP contribution in [0.25, 0.3) is 10.6 Å². The number of nitrogens with one attached hydrogen (secondary N) is 1. The van der Waals surface area contributed by atoms with E-state index < -0.39 is 0 Å². The van der Waals surface area contributed by atoms with Crippen molar-refractivity contribution in [3.05, 3.63) is 29.3 Å². The van der Waals surface area contributed by atoms with E-state index in [0.29, 0.717) is 0 Å². The van der Waals surface area contributed by atoms with E-state index in [1.165, 1.54) is 0 Å². The Morgan fingerprint density at radius 2 is 1.90 bits per heavy atom. The first-order chi connectivity index (χ1) is 9.83. The molecule has 0 saturated carbocycles. The lowest BCUT2D eigenvalue weighted by Crippen LogP contribution is -2.21. The Morgan fingerprint density at radius 3 is 2.60 bits per heavy atom. The van der Waals surface area contributed by atoms with Crippen LogP contribution >= 0.6 is 11.3 Å². The van der Waals surface area contributed by atoms with Crippen LogP contribution in [0.4, 0.5) is 0 Å². The molecular formula is C14H19N3O2S. The Labute approximate surface area is 123 Å². The van der Waals surface area contributed by atoms with Crippen LogP contribution < -0.4 is 10.1 Å². The Hall–Kier alpha value is -1.50. The molecule has 0 amide bonds. The zero-order valence-corrected chi connectivity index (χ0v) is 12.6. The van der Waals surface area contributed by atoms with Crippen LogP contribution in [-0.4, -0.2) is 44.1 Å². The average molecular weight is 293 g/mol.